The van der Waals surface area contributed by atoms with E-state index in [1.54, 1.807) is 0 Å². The van der Waals surface area contributed by atoms with Gasteiger partial charge in [-0.1, -0.05) is 307 Å². The maximum atomic E-state index is 2.28. The molecule has 0 aromatic heterocycles. The van der Waals surface area contributed by atoms with Crippen LogP contribution >= 0.6 is 0 Å². The Morgan fingerprint density at radius 3 is 0.675 bits per heavy atom. The van der Waals surface area contributed by atoms with Gasteiger partial charge in [0.25, 0.3) is 0 Å². The highest BCUT2D eigenvalue weighted by Crippen LogP contribution is 2.37. The van der Waals surface area contributed by atoms with Crippen LogP contribution in [0.3, 0.4) is 0 Å². The molecule has 0 atom stereocenters. The van der Waals surface area contributed by atoms with Gasteiger partial charge in [0.15, 0.2) is 0 Å². The highest BCUT2D eigenvalue weighted by atomic mass is 14.2. The zero-order valence-electron chi connectivity index (χ0n) is 47.7. The Morgan fingerprint density at radius 2 is 0.375 bits per heavy atom. The summed E-state index contributed by atoms with van der Waals surface area (Å²) in [5.74, 6) is 0. The van der Waals surface area contributed by atoms with Crippen molar-refractivity contribution < 1.29 is 0 Å². The molecule has 0 saturated carbocycles. The van der Waals surface area contributed by atoms with Crippen LogP contribution in [-0.2, 0) is 0 Å². The van der Waals surface area contributed by atoms with Gasteiger partial charge in [0.1, 0.15) is 0 Å². The Kier molecular flexibility index (Phi) is 18.6. The fourth-order valence-electron chi connectivity index (χ4n) is 10.4. The van der Waals surface area contributed by atoms with Crippen molar-refractivity contribution in [2.45, 2.75) is 55.4 Å². The molecule has 80 heavy (non-hydrogen) atoms. The van der Waals surface area contributed by atoms with Crippen molar-refractivity contribution in [2.24, 2.45) is 0 Å². The van der Waals surface area contributed by atoms with E-state index in [1.165, 1.54) is 134 Å². The molecule has 0 heterocycles. The lowest BCUT2D eigenvalue weighted by atomic mass is 9.90. The highest BCUT2D eigenvalue weighted by molar-refractivity contribution is 5.87. The number of hydrogen-bond donors (Lipinski definition) is 0. The molecule has 12 aromatic rings. The molecule has 392 valence electrons. The van der Waals surface area contributed by atoms with Gasteiger partial charge in [-0.15, -0.1) is 0 Å². The predicted octanol–water partition coefficient (Wildman–Crippen LogP) is 22.5. The first kappa shape index (κ1) is 55.4. The van der Waals surface area contributed by atoms with Crippen molar-refractivity contribution in [1.82, 2.24) is 0 Å². The maximum Gasteiger partial charge on any atom is -0.0103 e. The summed E-state index contributed by atoms with van der Waals surface area (Å²) in [5, 5.41) is 0. The lowest BCUT2D eigenvalue weighted by molar-refractivity contribution is 1.43. The van der Waals surface area contributed by atoms with E-state index in [0.717, 1.165) is 0 Å². The van der Waals surface area contributed by atoms with E-state index < -0.39 is 0 Å². The van der Waals surface area contributed by atoms with Crippen LogP contribution in [0.4, 0.5) is 0 Å². The molecule has 0 amide bonds. The minimum atomic E-state index is 1.27. The molecule has 12 aromatic carbocycles. The van der Waals surface area contributed by atoms with E-state index in [2.05, 4.69) is 347 Å². The molecular weight excluding hydrogens is 961 g/mol. The molecule has 0 nitrogen and oxygen atoms in total. The second kappa shape index (κ2) is 26.8. The van der Waals surface area contributed by atoms with E-state index >= 15 is 0 Å². The molecular formula is C80H72. The van der Waals surface area contributed by atoms with Gasteiger partial charge >= 0.3 is 0 Å². The van der Waals surface area contributed by atoms with Crippen LogP contribution in [-0.4, -0.2) is 0 Å². The molecule has 0 unspecified atom stereocenters. The highest BCUT2D eigenvalue weighted by Gasteiger charge is 2.12. The van der Waals surface area contributed by atoms with E-state index in [1.807, 2.05) is 0 Å². The van der Waals surface area contributed by atoms with Gasteiger partial charge in [-0.05, 0) is 173 Å². The summed E-state index contributed by atoms with van der Waals surface area (Å²) in [6.07, 6.45) is 0. The molecule has 0 saturated heterocycles. The van der Waals surface area contributed by atoms with E-state index in [9.17, 15) is 0 Å². The molecule has 0 heteroatoms. The van der Waals surface area contributed by atoms with Crippen molar-refractivity contribution in [3.05, 3.63) is 336 Å². The summed E-state index contributed by atoms with van der Waals surface area (Å²) in [6, 6.07) is 104. The molecule has 0 radical (unpaired) electrons. The molecule has 0 N–H and O–H groups in total. The average Bonchev–Trinajstić information content (AvgIpc) is 3.60. The summed E-state index contributed by atoms with van der Waals surface area (Å²) in [5.41, 5.74) is 31.1. The zero-order chi connectivity index (χ0) is 55.8. The van der Waals surface area contributed by atoms with E-state index in [0.29, 0.717) is 0 Å². The Bertz CT molecular complexity index is 3710. The Morgan fingerprint density at radius 1 is 0.138 bits per heavy atom. The second-order valence-corrected chi connectivity index (χ2v) is 20.9. The van der Waals surface area contributed by atoms with Crippen molar-refractivity contribution in [1.29, 1.82) is 0 Å². The molecule has 0 aliphatic rings. The predicted molar refractivity (Wildman–Crippen MR) is 347 cm³/mol. The average molecular weight is 1030 g/mol. The molecule has 0 aliphatic carbocycles. The quantitative estimate of drug-likeness (QED) is 0.142. The van der Waals surface area contributed by atoms with Crippen LogP contribution in [0.5, 0.6) is 0 Å². The van der Waals surface area contributed by atoms with Gasteiger partial charge in [-0.25, -0.2) is 0 Å². The van der Waals surface area contributed by atoms with Crippen LogP contribution in [0, 0.1) is 55.4 Å². The van der Waals surface area contributed by atoms with Gasteiger partial charge in [0.2, 0.25) is 0 Å². The molecule has 0 spiro atoms. The Balaban J connectivity index is 0.000000129. The largest absolute Gasteiger partial charge is 0.0620 e. The van der Waals surface area contributed by atoms with Gasteiger partial charge in [-0.2, -0.15) is 0 Å². The molecule has 0 fully saturated rings. The Labute approximate surface area is 477 Å². The van der Waals surface area contributed by atoms with Crippen LogP contribution in [0.25, 0.3) is 89.0 Å². The summed E-state index contributed by atoms with van der Waals surface area (Å²) >= 11 is 0. The summed E-state index contributed by atoms with van der Waals surface area (Å²) in [7, 11) is 0. The fraction of sp³-hybridized carbons (Fsp3) is 0.100. The normalized spacial score (nSPS) is 10.5. The third kappa shape index (κ3) is 14.0. The Hall–Kier alpha value is -9.36. The minimum absolute atomic E-state index is 1.27. The van der Waals surface area contributed by atoms with Crippen LogP contribution in [0.15, 0.2) is 291 Å². The van der Waals surface area contributed by atoms with E-state index in [-0.39, 0.29) is 0 Å². The summed E-state index contributed by atoms with van der Waals surface area (Å²) < 4.78 is 0. The third-order valence-electron chi connectivity index (χ3n) is 14.8. The lowest BCUT2D eigenvalue weighted by Gasteiger charge is -2.14. The summed E-state index contributed by atoms with van der Waals surface area (Å²) in [4.78, 5) is 0. The maximum absolute atomic E-state index is 2.28. The first-order valence-corrected chi connectivity index (χ1v) is 27.9. The standard InChI is InChI=1S/4C20H18/c1-15-9-3-5-11-17(15)19-13-7-8-14-20(19)18-12-6-4-10-16(18)2;1-15-8-3-5-12-19(15)17-10-7-11-18(14-17)20-13-6-4-9-16(20)2;1-15-7-5-9-17(13-15)19-11-3-4-12-20(19)18-10-6-8-16(2)14-18;1-15-7-11-17(12-8-15)19-5-3-4-6-20(19)18-13-9-16(2)10-14-18/h4*3-14H,1-2H3. The molecule has 0 aliphatic heterocycles. The number of aryl methyl sites for hydroxylation is 8. The fourth-order valence-corrected chi connectivity index (χ4v) is 10.4. The van der Waals surface area contributed by atoms with Gasteiger partial charge in [-0.3, -0.25) is 0 Å². The first-order valence-electron chi connectivity index (χ1n) is 27.9. The van der Waals surface area contributed by atoms with E-state index in [4.69, 9.17) is 0 Å². The van der Waals surface area contributed by atoms with Gasteiger partial charge < -0.3 is 0 Å². The van der Waals surface area contributed by atoms with Crippen molar-refractivity contribution >= 4 is 0 Å². The van der Waals surface area contributed by atoms with Gasteiger partial charge in [0.05, 0.1) is 0 Å². The topological polar surface area (TPSA) is 0 Å². The zero-order valence-corrected chi connectivity index (χ0v) is 47.7. The van der Waals surface area contributed by atoms with Crippen molar-refractivity contribution in [2.75, 3.05) is 0 Å². The summed E-state index contributed by atoms with van der Waals surface area (Å²) in [6.45, 7) is 17.2. The number of rotatable bonds is 8. The third-order valence-corrected chi connectivity index (χ3v) is 14.8. The smallest absolute Gasteiger partial charge is 0.0103 e. The van der Waals surface area contributed by atoms with Gasteiger partial charge in [0, 0.05) is 0 Å². The molecule has 12 rings (SSSR count). The van der Waals surface area contributed by atoms with Crippen LogP contribution in [0.2, 0.25) is 0 Å². The molecule has 0 bridgehead atoms. The van der Waals surface area contributed by atoms with Crippen molar-refractivity contribution in [3.8, 4) is 89.0 Å². The van der Waals surface area contributed by atoms with Crippen molar-refractivity contribution in [3.63, 3.8) is 0 Å². The number of benzene rings is 12. The van der Waals surface area contributed by atoms with Crippen LogP contribution in [0.1, 0.15) is 44.5 Å². The van der Waals surface area contributed by atoms with Crippen LogP contribution < -0.4 is 0 Å². The second-order valence-electron chi connectivity index (χ2n) is 20.9. The SMILES string of the molecule is Cc1ccc(-c2ccccc2-c2ccc(C)cc2)cc1.Cc1cccc(-c2ccccc2-c2cccc(C)c2)c1.Cc1ccccc1-c1cccc(-c2ccccc2C)c1.Cc1ccccc1-c1ccccc1-c1ccccc1C. The monoisotopic (exact) mass is 1030 g/mol. The minimum Gasteiger partial charge on any atom is -0.0620 e. The first-order chi connectivity index (χ1) is 39.0. The number of hydrogen-bond acceptors (Lipinski definition) is 0. The lowest BCUT2D eigenvalue weighted by Crippen LogP contribution is -1.89.